The molecule has 0 spiro atoms. The van der Waals surface area contributed by atoms with Gasteiger partial charge in [-0.1, -0.05) is 18.5 Å². The number of carbonyl (C=O) groups is 1. The van der Waals surface area contributed by atoms with Crippen molar-refractivity contribution in [1.82, 2.24) is 24.0 Å². The van der Waals surface area contributed by atoms with Gasteiger partial charge in [0.15, 0.2) is 5.69 Å². The van der Waals surface area contributed by atoms with Crippen molar-refractivity contribution in [3.8, 4) is 0 Å². The van der Waals surface area contributed by atoms with E-state index in [1.54, 1.807) is 14.7 Å². The molecule has 2 unspecified atom stereocenters. The number of fused-ring (bicyclic) bond motifs is 2. The Bertz CT molecular complexity index is 893. The fourth-order valence-corrected chi connectivity index (χ4v) is 7.49. The van der Waals surface area contributed by atoms with Gasteiger partial charge in [-0.25, -0.2) is 0 Å². The highest BCUT2D eigenvalue weighted by molar-refractivity contribution is 7.86. The summed E-state index contributed by atoms with van der Waals surface area (Å²) in [6, 6.07) is 1.62. The lowest BCUT2D eigenvalue weighted by Gasteiger charge is -2.49. The van der Waals surface area contributed by atoms with Crippen LogP contribution >= 0.6 is 0 Å². The first-order valence-corrected chi connectivity index (χ1v) is 13.1. The van der Waals surface area contributed by atoms with Gasteiger partial charge in [0.2, 0.25) is 0 Å². The number of likely N-dealkylation sites (N-methyl/N-ethyl adjacent to an activating group) is 1. The molecular formula is C21H33N5O4S. The van der Waals surface area contributed by atoms with Crippen molar-refractivity contribution < 1.29 is 17.7 Å². The lowest BCUT2D eigenvalue weighted by Crippen LogP contribution is -2.63. The van der Waals surface area contributed by atoms with Gasteiger partial charge in [-0.05, 0) is 45.1 Å². The Balaban J connectivity index is 1.24. The van der Waals surface area contributed by atoms with Gasteiger partial charge < -0.3 is 14.7 Å². The third-order valence-electron chi connectivity index (χ3n) is 7.35. The van der Waals surface area contributed by atoms with Crippen LogP contribution in [-0.4, -0.2) is 83.8 Å². The molecule has 2 bridgehead atoms. The summed E-state index contributed by atoms with van der Waals surface area (Å²) < 4.78 is 35.7. The molecule has 1 aliphatic carbocycles. The highest BCUT2D eigenvalue weighted by Crippen LogP contribution is 2.40. The summed E-state index contributed by atoms with van der Waals surface area (Å²) in [6.45, 7) is 5.76. The molecule has 4 heterocycles. The van der Waals surface area contributed by atoms with Gasteiger partial charge in [0, 0.05) is 56.3 Å². The van der Waals surface area contributed by atoms with Crippen LogP contribution in [-0.2, 0) is 10.2 Å². The summed E-state index contributed by atoms with van der Waals surface area (Å²) in [5, 5.41) is 7.04. The Morgan fingerprint density at radius 2 is 1.81 bits per heavy atom. The molecule has 1 amide bonds. The molecule has 3 saturated heterocycles. The Morgan fingerprint density at radius 1 is 1.13 bits per heavy atom. The molecule has 10 heteroatoms. The number of nitrogens with zero attached hydrogens (tertiary/aromatic N) is 4. The molecule has 5 rings (SSSR count). The molecule has 3 aliphatic heterocycles. The average Bonchev–Trinajstić information content (AvgIpc) is 3.49. The molecule has 1 aromatic heterocycles. The van der Waals surface area contributed by atoms with Crippen LogP contribution in [0.15, 0.2) is 10.6 Å². The minimum absolute atomic E-state index is 0.0349. The molecule has 172 valence electrons. The van der Waals surface area contributed by atoms with E-state index >= 15 is 0 Å². The summed E-state index contributed by atoms with van der Waals surface area (Å²) in [4.78, 5) is 15.0. The predicted molar refractivity (Wildman–Crippen MR) is 115 cm³/mol. The van der Waals surface area contributed by atoms with Crippen LogP contribution in [0.5, 0.6) is 0 Å². The standard InChI is InChI=1S/C21H33N5O4S/c1-2-24-8-10-25(11-9-24)31(28,29)26-17-4-3-5-18(26)13-16(12-17)22-21(27)19-14-20(30-23-19)15-6-7-15/h14-18H,2-13H2,1H3,(H,22,27)/t16?,17-,18?/m1/s1. The van der Waals surface area contributed by atoms with Crippen LogP contribution in [0.4, 0.5) is 0 Å². The molecule has 4 fully saturated rings. The maximum Gasteiger partial charge on any atom is 0.282 e. The van der Waals surface area contributed by atoms with E-state index in [2.05, 4.69) is 22.3 Å². The van der Waals surface area contributed by atoms with Crippen molar-refractivity contribution in [3.63, 3.8) is 0 Å². The highest BCUT2D eigenvalue weighted by Gasteiger charge is 2.47. The highest BCUT2D eigenvalue weighted by atomic mass is 32.2. The summed E-state index contributed by atoms with van der Waals surface area (Å²) in [7, 11) is -3.48. The Labute approximate surface area is 184 Å². The van der Waals surface area contributed by atoms with Gasteiger partial charge in [-0.2, -0.15) is 17.0 Å². The number of carbonyl (C=O) groups excluding carboxylic acids is 1. The zero-order valence-electron chi connectivity index (χ0n) is 18.2. The zero-order valence-corrected chi connectivity index (χ0v) is 19.0. The van der Waals surface area contributed by atoms with Crippen LogP contribution in [0.1, 0.15) is 74.0 Å². The van der Waals surface area contributed by atoms with Gasteiger partial charge in [-0.3, -0.25) is 4.79 Å². The normalized spacial score (nSPS) is 30.9. The number of rotatable bonds is 6. The van der Waals surface area contributed by atoms with E-state index in [0.29, 0.717) is 37.5 Å². The van der Waals surface area contributed by atoms with Crippen LogP contribution < -0.4 is 5.32 Å². The van der Waals surface area contributed by atoms with Crippen LogP contribution in [0.25, 0.3) is 0 Å². The molecule has 9 nitrogen and oxygen atoms in total. The number of aromatic nitrogens is 1. The average molecular weight is 452 g/mol. The lowest BCUT2D eigenvalue weighted by molar-refractivity contribution is 0.0746. The second-order valence-corrected chi connectivity index (χ2v) is 11.3. The SMILES string of the molecule is CCN1CCN(S(=O)(=O)N2C3CCC[C@@H]2CC(NC(=O)c2cc(C4CC4)on2)C3)CC1. The van der Waals surface area contributed by atoms with Gasteiger partial charge in [0.05, 0.1) is 0 Å². The molecule has 1 saturated carbocycles. The Morgan fingerprint density at radius 3 is 2.42 bits per heavy atom. The van der Waals surface area contributed by atoms with Crippen LogP contribution in [0.3, 0.4) is 0 Å². The Kier molecular flexibility index (Phi) is 5.83. The minimum atomic E-state index is -3.48. The third-order valence-corrected chi connectivity index (χ3v) is 9.50. The van der Waals surface area contributed by atoms with Gasteiger partial charge in [0.25, 0.3) is 16.1 Å². The summed E-state index contributed by atoms with van der Waals surface area (Å²) in [5.74, 6) is 0.998. The number of amides is 1. The van der Waals surface area contributed by atoms with E-state index in [9.17, 15) is 13.2 Å². The quantitative estimate of drug-likeness (QED) is 0.705. The van der Waals surface area contributed by atoms with E-state index in [-0.39, 0.29) is 24.0 Å². The van der Waals surface area contributed by atoms with Gasteiger partial charge in [0.1, 0.15) is 5.76 Å². The van der Waals surface area contributed by atoms with Crippen molar-refractivity contribution in [3.05, 3.63) is 17.5 Å². The topological polar surface area (TPSA) is 99.0 Å². The van der Waals surface area contributed by atoms with E-state index in [1.165, 1.54) is 0 Å². The maximum absolute atomic E-state index is 13.5. The van der Waals surface area contributed by atoms with E-state index in [0.717, 1.165) is 57.5 Å². The lowest BCUT2D eigenvalue weighted by atomic mass is 9.84. The van der Waals surface area contributed by atoms with Crippen molar-refractivity contribution in [2.24, 2.45) is 0 Å². The number of hydrogen-bond acceptors (Lipinski definition) is 6. The first-order valence-electron chi connectivity index (χ1n) is 11.7. The molecule has 31 heavy (non-hydrogen) atoms. The first kappa shape index (κ1) is 21.4. The molecular weight excluding hydrogens is 418 g/mol. The van der Waals surface area contributed by atoms with E-state index < -0.39 is 10.2 Å². The van der Waals surface area contributed by atoms with Crippen LogP contribution in [0.2, 0.25) is 0 Å². The number of nitrogens with one attached hydrogen (secondary N) is 1. The largest absolute Gasteiger partial charge is 0.360 e. The van der Waals surface area contributed by atoms with Crippen molar-refractivity contribution in [2.45, 2.75) is 75.9 Å². The van der Waals surface area contributed by atoms with Crippen molar-refractivity contribution >= 4 is 16.1 Å². The number of piperazine rings is 1. The summed E-state index contributed by atoms with van der Waals surface area (Å²) in [6.07, 6.45) is 6.26. The van der Waals surface area contributed by atoms with E-state index in [1.807, 2.05) is 0 Å². The van der Waals surface area contributed by atoms with Crippen LogP contribution in [0, 0.1) is 0 Å². The van der Waals surface area contributed by atoms with Crippen molar-refractivity contribution in [1.29, 1.82) is 0 Å². The summed E-state index contributed by atoms with van der Waals surface area (Å²) >= 11 is 0. The fraction of sp³-hybridized carbons (Fsp3) is 0.810. The second-order valence-electron chi connectivity index (χ2n) is 9.44. The summed E-state index contributed by atoms with van der Waals surface area (Å²) in [5.41, 5.74) is 0.330. The zero-order chi connectivity index (χ0) is 21.6. The Hall–Kier alpha value is -1.49. The second kappa shape index (κ2) is 8.46. The molecule has 1 aromatic rings. The monoisotopic (exact) mass is 451 g/mol. The fourth-order valence-electron chi connectivity index (χ4n) is 5.46. The maximum atomic E-state index is 13.5. The third kappa shape index (κ3) is 4.27. The predicted octanol–water partition coefficient (Wildman–Crippen LogP) is 1.55. The number of hydrogen-bond donors (Lipinski definition) is 1. The van der Waals surface area contributed by atoms with Gasteiger partial charge >= 0.3 is 0 Å². The molecule has 0 radical (unpaired) electrons. The number of piperidine rings is 2. The van der Waals surface area contributed by atoms with E-state index in [4.69, 9.17) is 4.52 Å². The minimum Gasteiger partial charge on any atom is -0.360 e. The smallest absolute Gasteiger partial charge is 0.282 e. The first-order chi connectivity index (χ1) is 15.0. The van der Waals surface area contributed by atoms with Gasteiger partial charge in [-0.15, -0.1) is 0 Å². The molecule has 1 N–H and O–H groups in total. The van der Waals surface area contributed by atoms with Crippen molar-refractivity contribution in [2.75, 3.05) is 32.7 Å². The molecule has 3 atom stereocenters. The molecule has 4 aliphatic rings. The molecule has 0 aromatic carbocycles.